The largest absolute Gasteiger partial charge is 0.300 e. The van der Waals surface area contributed by atoms with Crippen LogP contribution in [0.4, 0.5) is 0 Å². The fourth-order valence-electron chi connectivity index (χ4n) is 1.02. The molecule has 0 aliphatic carbocycles. The van der Waals surface area contributed by atoms with Crippen molar-refractivity contribution >= 4 is 0 Å². The topological polar surface area (TPSA) is 24.9 Å². The normalized spacial score (nSPS) is 12.0. The van der Waals surface area contributed by atoms with E-state index in [1.807, 2.05) is 19.1 Å². The molecular formula is C10H12N2. The average Bonchev–Trinajstić information content (AvgIpc) is 2.15. The molecule has 0 aromatic carbocycles. The molecule has 0 aliphatic rings. The van der Waals surface area contributed by atoms with Gasteiger partial charge in [0, 0.05) is 12.4 Å². The highest BCUT2D eigenvalue weighted by atomic mass is 14.9. The number of nitrogens with one attached hydrogen (secondary N) is 1. The molecule has 1 heterocycles. The van der Waals surface area contributed by atoms with Crippen LogP contribution in [-0.4, -0.2) is 11.5 Å². The van der Waals surface area contributed by atoms with Crippen LogP contribution in [-0.2, 0) is 0 Å². The van der Waals surface area contributed by atoms with Gasteiger partial charge in [-0.2, -0.15) is 0 Å². The Morgan fingerprint density at radius 1 is 1.75 bits per heavy atom. The van der Waals surface area contributed by atoms with Gasteiger partial charge in [0.2, 0.25) is 0 Å². The highest BCUT2D eigenvalue weighted by Gasteiger charge is 2.04. The lowest BCUT2D eigenvalue weighted by molar-refractivity contribution is 0.663. The number of nitrogens with zero attached hydrogens (tertiary/aromatic N) is 1. The van der Waals surface area contributed by atoms with Gasteiger partial charge < -0.3 is 5.32 Å². The summed E-state index contributed by atoms with van der Waals surface area (Å²) < 4.78 is 0. The molecule has 0 aliphatic heterocycles. The van der Waals surface area contributed by atoms with Crippen molar-refractivity contribution in [1.29, 1.82) is 0 Å². The molecule has 0 bridgehead atoms. The van der Waals surface area contributed by atoms with E-state index in [2.05, 4.69) is 16.2 Å². The lowest BCUT2D eigenvalue weighted by atomic mass is 10.1. The molecule has 1 N–H and O–H groups in total. The maximum Gasteiger partial charge on any atom is 0.0958 e. The van der Waals surface area contributed by atoms with Gasteiger partial charge in [-0.3, -0.25) is 4.98 Å². The first-order valence-corrected chi connectivity index (χ1v) is 3.98. The van der Waals surface area contributed by atoms with Gasteiger partial charge in [0.05, 0.1) is 6.04 Å². The van der Waals surface area contributed by atoms with Gasteiger partial charge in [-0.15, -0.1) is 6.42 Å². The second-order valence-corrected chi connectivity index (χ2v) is 2.44. The average molecular weight is 160 g/mol. The van der Waals surface area contributed by atoms with Crippen molar-refractivity contribution in [2.45, 2.75) is 13.0 Å². The Hall–Kier alpha value is -1.33. The van der Waals surface area contributed by atoms with E-state index >= 15 is 0 Å². The highest BCUT2D eigenvalue weighted by Crippen LogP contribution is 2.08. The lowest BCUT2D eigenvalue weighted by Crippen LogP contribution is -2.19. The summed E-state index contributed by atoms with van der Waals surface area (Å²) in [5.41, 5.74) is 1.04. The SMILES string of the molecule is C#CC(NCC)c1cccnc1. The third-order valence-electron chi connectivity index (χ3n) is 1.59. The maximum atomic E-state index is 5.35. The van der Waals surface area contributed by atoms with Gasteiger partial charge in [0.25, 0.3) is 0 Å². The molecule has 1 atom stereocenters. The number of aromatic nitrogens is 1. The molecule has 2 nitrogen and oxygen atoms in total. The number of hydrogen-bond donors (Lipinski definition) is 1. The fraction of sp³-hybridized carbons (Fsp3) is 0.300. The van der Waals surface area contributed by atoms with Gasteiger partial charge in [0.15, 0.2) is 0 Å². The first-order valence-electron chi connectivity index (χ1n) is 3.98. The Bertz CT molecular complexity index is 261. The zero-order valence-corrected chi connectivity index (χ0v) is 7.12. The van der Waals surface area contributed by atoms with Crippen LogP contribution in [0.25, 0.3) is 0 Å². The standard InChI is InChI=1S/C10H12N2/c1-3-10(12-4-2)9-6-5-7-11-8-9/h1,5-8,10,12H,4H2,2H3. The summed E-state index contributed by atoms with van der Waals surface area (Å²) in [6, 6.07) is 3.85. The minimum Gasteiger partial charge on any atom is -0.300 e. The molecule has 0 saturated heterocycles. The van der Waals surface area contributed by atoms with Crippen molar-refractivity contribution in [2.24, 2.45) is 0 Å². The molecule has 1 aromatic rings. The predicted octanol–water partition coefficient (Wildman–Crippen LogP) is 1.37. The van der Waals surface area contributed by atoms with Crippen molar-refractivity contribution in [1.82, 2.24) is 10.3 Å². The lowest BCUT2D eigenvalue weighted by Gasteiger charge is -2.10. The van der Waals surface area contributed by atoms with Gasteiger partial charge in [-0.1, -0.05) is 18.9 Å². The molecule has 0 saturated carbocycles. The zero-order valence-electron chi connectivity index (χ0n) is 7.12. The number of pyridine rings is 1. The third kappa shape index (κ3) is 2.08. The summed E-state index contributed by atoms with van der Waals surface area (Å²) in [5, 5.41) is 3.17. The number of hydrogen-bond acceptors (Lipinski definition) is 2. The molecule has 2 heteroatoms. The fourth-order valence-corrected chi connectivity index (χ4v) is 1.02. The van der Waals surface area contributed by atoms with Crippen LogP contribution >= 0.6 is 0 Å². The van der Waals surface area contributed by atoms with E-state index in [0.29, 0.717) is 0 Å². The summed E-state index contributed by atoms with van der Waals surface area (Å²) >= 11 is 0. The van der Waals surface area contributed by atoms with Crippen molar-refractivity contribution < 1.29 is 0 Å². The molecule has 0 amide bonds. The van der Waals surface area contributed by atoms with E-state index in [1.165, 1.54) is 0 Å². The van der Waals surface area contributed by atoms with Crippen molar-refractivity contribution in [3.05, 3.63) is 30.1 Å². The van der Waals surface area contributed by atoms with E-state index in [1.54, 1.807) is 12.4 Å². The van der Waals surface area contributed by atoms with Crippen LogP contribution in [0.5, 0.6) is 0 Å². The molecule has 1 unspecified atom stereocenters. The third-order valence-corrected chi connectivity index (χ3v) is 1.59. The highest BCUT2D eigenvalue weighted by molar-refractivity contribution is 5.21. The number of terminal acetylenes is 1. The van der Waals surface area contributed by atoms with Crippen molar-refractivity contribution in [3.63, 3.8) is 0 Å². The van der Waals surface area contributed by atoms with Crippen molar-refractivity contribution in [2.75, 3.05) is 6.54 Å². The van der Waals surface area contributed by atoms with E-state index in [-0.39, 0.29) is 6.04 Å². The van der Waals surface area contributed by atoms with Crippen LogP contribution in [0, 0.1) is 12.3 Å². The Labute approximate surface area is 73.0 Å². The minimum atomic E-state index is -0.0105. The van der Waals surface area contributed by atoms with Gasteiger partial charge in [0.1, 0.15) is 0 Å². The molecule has 12 heavy (non-hydrogen) atoms. The van der Waals surface area contributed by atoms with Crippen LogP contribution in [0.15, 0.2) is 24.5 Å². The van der Waals surface area contributed by atoms with E-state index in [9.17, 15) is 0 Å². The van der Waals surface area contributed by atoms with Gasteiger partial charge in [-0.25, -0.2) is 0 Å². The smallest absolute Gasteiger partial charge is 0.0958 e. The molecule has 1 rings (SSSR count). The summed E-state index contributed by atoms with van der Waals surface area (Å²) in [5.74, 6) is 2.67. The molecule has 1 aromatic heterocycles. The van der Waals surface area contributed by atoms with E-state index < -0.39 is 0 Å². The first kappa shape index (κ1) is 8.76. The zero-order chi connectivity index (χ0) is 8.81. The number of rotatable bonds is 3. The van der Waals surface area contributed by atoms with Crippen LogP contribution in [0.2, 0.25) is 0 Å². The molecule has 62 valence electrons. The van der Waals surface area contributed by atoms with Crippen molar-refractivity contribution in [3.8, 4) is 12.3 Å². The van der Waals surface area contributed by atoms with Gasteiger partial charge >= 0.3 is 0 Å². The minimum absolute atomic E-state index is 0.0105. The Balaban J connectivity index is 2.75. The monoisotopic (exact) mass is 160 g/mol. The van der Waals surface area contributed by atoms with Crippen LogP contribution < -0.4 is 5.32 Å². The molecule has 0 fully saturated rings. The molecule has 0 radical (unpaired) electrons. The quantitative estimate of drug-likeness (QED) is 0.675. The van der Waals surface area contributed by atoms with Crippen LogP contribution in [0.3, 0.4) is 0 Å². The molecular weight excluding hydrogens is 148 g/mol. The summed E-state index contributed by atoms with van der Waals surface area (Å²) in [4.78, 5) is 4.00. The summed E-state index contributed by atoms with van der Waals surface area (Å²) in [6.07, 6.45) is 8.87. The predicted molar refractivity (Wildman–Crippen MR) is 49.5 cm³/mol. The first-order chi connectivity index (χ1) is 5.88. The molecule has 0 spiro atoms. The van der Waals surface area contributed by atoms with E-state index in [4.69, 9.17) is 6.42 Å². The summed E-state index contributed by atoms with van der Waals surface area (Å²) in [7, 11) is 0. The maximum absolute atomic E-state index is 5.35. The Kier molecular flexibility index (Phi) is 3.31. The Morgan fingerprint density at radius 2 is 2.58 bits per heavy atom. The van der Waals surface area contributed by atoms with Gasteiger partial charge in [-0.05, 0) is 18.2 Å². The second-order valence-electron chi connectivity index (χ2n) is 2.44. The summed E-state index contributed by atoms with van der Waals surface area (Å²) in [6.45, 7) is 2.89. The van der Waals surface area contributed by atoms with E-state index in [0.717, 1.165) is 12.1 Å². The Morgan fingerprint density at radius 3 is 3.08 bits per heavy atom. The second kappa shape index (κ2) is 4.53. The van der Waals surface area contributed by atoms with Crippen LogP contribution in [0.1, 0.15) is 18.5 Å².